The van der Waals surface area contributed by atoms with Gasteiger partial charge in [-0.2, -0.15) is 0 Å². The van der Waals surface area contributed by atoms with Crippen LogP contribution in [0.25, 0.3) is 21.8 Å². The third-order valence-corrected chi connectivity index (χ3v) is 7.84. The van der Waals surface area contributed by atoms with Crippen molar-refractivity contribution in [1.29, 1.82) is 0 Å². The molecule has 2 heterocycles. The van der Waals surface area contributed by atoms with E-state index in [0.29, 0.717) is 11.4 Å². The third kappa shape index (κ3) is 6.14. The second-order valence-electron chi connectivity index (χ2n) is 11.1. The Morgan fingerprint density at radius 1 is 0.581 bits per heavy atom. The molecule has 0 fully saturated rings. The Kier molecular flexibility index (Phi) is 7.67. The molecule has 0 saturated carbocycles. The predicted molar refractivity (Wildman–Crippen MR) is 173 cm³/mol. The van der Waals surface area contributed by atoms with Crippen LogP contribution in [-0.2, 0) is 22.4 Å². The molecule has 0 atom stereocenters. The zero-order valence-corrected chi connectivity index (χ0v) is 24.2. The lowest BCUT2D eigenvalue weighted by Crippen LogP contribution is -2.49. The minimum atomic E-state index is -1.47. The summed E-state index contributed by atoms with van der Waals surface area (Å²) < 4.78 is 0. The molecule has 2 amide bonds. The summed E-state index contributed by atoms with van der Waals surface area (Å²) in [4.78, 5) is 37.9. The number of carbonyl (C=O) groups excluding carboxylic acids is 2. The zero-order chi connectivity index (χ0) is 29.8. The van der Waals surface area contributed by atoms with Gasteiger partial charge in [-0.15, -0.1) is 0 Å². The van der Waals surface area contributed by atoms with Gasteiger partial charge in [0.15, 0.2) is 0 Å². The first-order chi connectivity index (χ1) is 20.9. The minimum Gasteiger partial charge on any atom is -0.325 e. The van der Waals surface area contributed by atoms with Crippen molar-refractivity contribution in [3.63, 3.8) is 0 Å². The molecule has 0 unspecified atom stereocenters. The van der Waals surface area contributed by atoms with Crippen molar-refractivity contribution in [3.8, 4) is 0 Å². The van der Waals surface area contributed by atoms with Gasteiger partial charge >= 0.3 is 0 Å². The average molecular weight is 565 g/mol. The molecular formula is C37H32N4O2. The number of nitrogens with one attached hydrogen (secondary N) is 2. The Bertz CT molecular complexity index is 1790. The number of rotatable bonds is 8. The zero-order valence-electron chi connectivity index (χ0n) is 24.2. The maximum Gasteiger partial charge on any atom is 0.240 e. The Morgan fingerprint density at radius 3 is 1.42 bits per heavy atom. The Hall–Kier alpha value is -5.36. The smallest absolute Gasteiger partial charge is 0.240 e. The highest BCUT2D eigenvalue weighted by atomic mass is 16.2. The highest BCUT2D eigenvalue weighted by Gasteiger charge is 2.46. The van der Waals surface area contributed by atoms with Crippen LogP contribution >= 0.6 is 0 Å². The molecule has 43 heavy (non-hydrogen) atoms. The van der Waals surface area contributed by atoms with E-state index in [0.717, 1.165) is 44.1 Å². The fourth-order valence-corrected chi connectivity index (χ4v) is 5.40. The van der Waals surface area contributed by atoms with Crippen molar-refractivity contribution < 1.29 is 9.59 Å². The van der Waals surface area contributed by atoms with Gasteiger partial charge in [0.05, 0.1) is 11.0 Å². The summed E-state index contributed by atoms with van der Waals surface area (Å²) in [7, 11) is 0. The van der Waals surface area contributed by atoms with E-state index in [1.807, 2.05) is 123 Å². The lowest BCUT2D eigenvalue weighted by Gasteiger charge is -2.32. The van der Waals surface area contributed by atoms with E-state index in [1.165, 1.54) is 0 Å². The fourth-order valence-electron chi connectivity index (χ4n) is 5.40. The van der Waals surface area contributed by atoms with E-state index in [9.17, 15) is 9.59 Å². The molecule has 0 saturated heterocycles. The highest BCUT2D eigenvalue weighted by Crippen LogP contribution is 2.33. The van der Waals surface area contributed by atoms with Gasteiger partial charge in [-0.05, 0) is 86.3 Å². The average Bonchev–Trinajstić information content (AvgIpc) is 3.02. The minimum absolute atomic E-state index is 0.211. The fraction of sp³-hybridized carbons (Fsp3) is 0.135. The summed E-state index contributed by atoms with van der Waals surface area (Å²) in [6, 6.07) is 34.8. The summed E-state index contributed by atoms with van der Waals surface area (Å²) in [5.74, 6) is -0.756. The summed E-state index contributed by atoms with van der Waals surface area (Å²) in [5.41, 5.74) is 5.40. The molecule has 4 aromatic carbocycles. The van der Waals surface area contributed by atoms with Crippen LogP contribution in [0.15, 0.2) is 122 Å². The predicted octanol–water partition coefficient (Wildman–Crippen LogP) is 7.45. The molecule has 0 bridgehead atoms. The van der Waals surface area contributed by atoms with E-state index in [4.69, 9.17) is 0 Å². The van der Waals surface area contributed by atoms with E-state index < -0.39 is 5.41 Å². The van der Waals surface area contributed by atoms with Gasteiger partial charge < -0.3 is 10.6 Å². The van der Waals surface area contributed by atoms with E-state index >= 15 is 0 Å². The third-order valence-electron chi connectivity index (χ3n) is 7.84. The lowest BCUT2D eigenvalue weighted by molar-refractivity contribution is -0.137. The van der Waals surface area contributed by atoms with Crippen LogP contribution in [0, 0.1) is 19.3 Å². The molecule has 0 spiro atoms. The molecule has 6 heteroatoms. The van der Waals surface area contributed by atoms with Gasteiger partial charge in [0.1, 0.15) is 5.41 Å². The summed E-state index contributed by atoms with van der Waals surface area (Å²) >= 11 is 0. The molecular weight excluding hydrogens is 532 g/mol. The number of aromatic nitrogens is 2. The Morgan fingerprint density at radius 2 is 1.00 bits per heavy atom. The number of fused-ring (bicyclic) bond motifs is 2. The molecule has 2 N–H and O–H groups in total. The van der Waals surface area contributed by atoms with Crippen LogP contribution in [0.4, 0.5) is 11.4 Å². The quantitative estimate of drug-likeness (QED) is 0.188. The first kappa shape index (κ1) is 27.8. The molecule has 6 nitrogen and oxygen atoms in total. The topological polar surface area (TPSA) is 84.0 Å². The second-order valence-corrected chi connectivity index (χ2v) is 11.1. The number of amides is 2. The largest absolute Gasteiger partial charge is 0.325 e. The van der Waals surface area contributed by atoms with Gasteiger partial charge in [-0.25, -0.2) is 0 Å². The molecule has 0 aliphatic heterocycles. The SMILES string of the molecule is Cc1ccc(CC(Cc2ccc(C)cc2)(C(=O)Nc2ccc3ncccc3c2)C(=O)Nc2ccc3ncccc3c2)cc1. The maximum atomic E-state index is 14.6. The lowest BCUT2D eigenvalue weighted by atomic mass is 9.74. The number of anilines is 2. The number of aryl methyl sites for hydroxylation is 2. The second kappa shape index (κ2) is 11.9. The van der Waals surface area contributed by atoms with E-state index in [-0.39, 0.29) is 24.7 Å². The number of nitrogens with zero attached hydrogens (tertiary/aromatic N) is 2. The molecule has 6 rings (SSSR count). The van der Waals surface area contributed by atoms with Crippen LogP contribution in [-0.4, -0.2) is 21.8 Å². The standard InChI is InChI=1S/C37H32N4O2/c1-25-7-11-27(12-8-25)23-37(24-28-13-9-26(2)10-14-28,35(42)40-31-15-17-33-29(21-31)5-3-19-38-33)36(43)41-32-16-18-34-30(22-32)6-4-20-39-34/h3-22H,23-24H2,1-2H3,(H,40,42)(H,41,43). The molecule has 2 aromatic heterocycles. The van der Waals surface area contributed by atoms with Crippen LogP contribution in [0.2, 0.25) is 0 Å². The number of hydrogen-bond donors (Lipinski definition) is 2. The van der Waals surface area contributed by atoms with Crippen LogP contribution in [0.5, 0.6) is 0 Å². The van der Waals surface area contributed by atoms with E-state index in [2.05, 4.69) is 20.6 Å². The van der Waals surface area contributed by atoms with Gasteiger partial charge in [0, 0.05) is 34.5 Å². The normalized spacial score (nSPS) is 11.4. The van der Waals surface area contributed by atoms with E-state index in [1.54, 1.807) is 12.4 Å². The number of carbonyl (C=O) groups is 2. The van der Waals surface area contributed by atoms with Gasteiger partial charge in [0.2, 0.25) is 11.8 Å². The van der Waals surface area contributed by atoms with Crippen molar-refractivity contribution >= 4 is 45.0 Å². The number of benzene rings is 4. The van der Waals surface area contributed by atoms with Crippen molar-refractivity contribution in [2.24, 2.45) is 5.41 Å². The van der Waals surface area contributed by atoms with Crippen LogP contribution in [0.1, 0.15) is 22.3 Å². The molecule has 212 valence electrons. The monoisotopic (exact) mass is 564 g/mol. The molecule has 0 aliphatic carbocycles. The Balaban J connectivity index is 1.43. The maximum absolute atomic E-state index is 14.6. The van der Waals surface area contributed by atoms with Gasteiger partial charge in [0.25, 0.3) is 0 Å². The van der Waals surface area contributed by atoms with Crippen LogP contribution < -0.4 is 10.6 Å². The number of pyridine rings is 2. The van der Waals surface area contributed by atoms with Crippen molar-refractivity contribution in [1.82, 2.24) is 9.97 Å². The van der Waals surface area contributed by atoms with Crippen molar-refractivity contribution in [2.45, 2.75) is 26.7 Å². The van der Waals surface area contributed by atoms with Crippen LogP contribution in [0.3, 0.4) is 0 Å². The van der Waals surface area contributed by atoms with Gasteiger partial charge in [-0.1, -0.05) is 71.8 Å². The molecule has 0 aliphatic rings. The summed E-state index contributed by atoms with van der Waals surface area (Å²) in [6.45, 7) is 4.04. The van der Waals surface area contributed by atoms with Crippen molar-refractivity contribution in [3.05, 3.63) is 144 Å². The Labute approximate surface area is 250 Å². The number of hydrogen-bond acceptors (Lipinski definition) is 4. The molecule has 0 radical (unpaired) electrons. The first-order valence-electron chi connectivity index (χ1n) is 14.3. The van der Waals surface area contributed by atoms with Crippen molar-refractivity contribution in [2.75, 3.05) is 10.6 Å². The molecule has 6 aromatic rings. The van der Waals surface area contributed by atoms with Gasteiger partial charge in [-0.3, -0.25) is 19.6 Å². The highest BCUT2D eigenvalue weighted by molar-refractivity contribution is 6.15. The summed E-state index contributed by atoms with van der Waals surface area (Å²) in [6.07, 6.45) is 3.90. The summed E-state index contributed by atoms with van der Waals surface area (Å²) in [5, 5.41) is 7.99. The first-order valence-corrected chi connectivity index (χ1v) is 14.3.